The molecule has 1 spiro atoms. The lowest BCUT2D eigenvalue weighted by Gasteiger charge is -2.32. The minimum Gasteiger partial charge on any atom is -0.0619 e. The van der Waals surface area contributed by atoms with Crippen molar-refractivity contribution in [2.75, 3.05) is 0 Å². The summed E-state index contributed by atoms with van der Waals surface area (Å²) in [5, 5.41) is 7.84. The van der Waals surface area contributed by atoms with E-state index in [0.717, 1.165) is 0 Å². The van der Waals surface area contributed by atoms with Crippen molar-refractivity contribution < 1.29 is 0 Å². The summed E-state index contributed by atoms with van der Waals surface area (Å²) < 4.78 is 0. The van der Waals surface area contributed by atoms with Crippen molar-refractivity contribution >= 4 is 32.3 Å². The van der Waals surface area contributed by atoms with Gasteiger partial charge in [-0.1, -0.05) is 188 Å². The van der Waals surface area contributed by atoms with Crippen molar-refractivity contribution in [3.8, 4) is 66.8 Å². The highest BCUT2D eigenvalue weighted by atomic mass is 14.5. The van der Waals surface area contributed by atoms with Crippen LogP contribution in [0.4, 0.5) is 0 Å². The highest BCUT2D eigenvalue weighted by molar-refractivity contribution is 6.20. The Hall–Kier alpha value is -7.02. The fraction of sp³-hybridized carbons (Fsp3) is 0.0182. The fourth-order valence-corrected chi connectivity index (χ4v) is 11.0. The molecule has 0 saturated carbocycles. The highest BCUT2D eigenvalue weighted by Gasteiger charge is 2.53. The van der Waals surface area contributed by atoms with Gasteiger partial charge in [-0.15, -0.1) is 0 Å². The average Bonchev–Trinajstić information content (AvgIpc) is 3.86. The molecule has 0 aromatic heterocycles. The summed E-state index contributed by atoms with van der Waals surface area (Å²) in [6.45, 7) is 0. The van der Waals surface area contributed by atoms with Gasteiger partial charge >= 0.3 is 0 Å². The van der Waals surface area contributed by atoms with E-state index in [1.165, 1.54) is 121 Å². The monoisotopic (exact) mass is 692 g/mol. The van der Waals surface area contributed by atoms with Crippen molar-refractivity contribution in [3.63, 3.8) is 0 Å². The summed E-state index contributed by atoms with van der Waals surface area (Å²) in [6.07, 6.45) is 0. The van der Waals surface area contributed by atoms with Gasteiger partial charge in [-0.2, -0.15) is 0 Å². The Bertz CT molecular complexity index is 3250. The van der Waals surface area contributed by atoms with Gasteiger partial charge in [0.15, 0.2) is 0 Å². The van der Waals surface area contributed by atoms with E-state index in [1.54, 1.807) is 0 Å². The standard InChI is InChI=1S/C55H32/c1-2-15-34-33(14-1)28-29-47-53-45-23-8-7-20-39(45)48(32-51(53)55(54(34)47)49-26-11-9-21-41(49)42-22-10-12-27-50(42)55)38-19-6-3-16-35(38)40-30-31-46-37-18-5-4-17-36(37)43-24-13-25-44(40)52(43)46/h1-32H. The third kappa shape index (κ3) is 3.58. The van der Waals surface area contributed by atoms with E-state index in [9.17, 15) is 0 Å². The topological polar surface area (TPSA) is 0 Å². The molecule has 13 rings (SSSR count). The summed E-state index contributed by atoms with van der Waals surface area (Å²) >= 11 is 0. The lowest BCUT2D eigenvalue weighted by Crippen LogP contribution is -2.26. The molecule has 0 saturated heterocycles. The fourth-order valence-electron chi connectivity index (χ4n) is 11.0. The van der Waals surface area contributed by atoms with Crippen LogP contribution < -0.4 is 0 Å². The van der Waals surface area contributed by atoms with Crippen molar-refractivity contribution in [2.24, 2.45) is 0 Å². The van der Waals surface area contributed by atoms with E-state index in [-0.39, 0.29) is 0 Å². The molecule has 3 aliphatic rings. The smallest absolute Gasteiger partial charge is 0.0619 e. The molecule has 3 aliphatic carbocycles. The molecule has 0 heteroatoms. The first-order chi connectivity index (χ1) is 27.3. The zero-order valence-corrected chi connectivity index (χ0v) is 30.0. The van der Waals surface area contributed by atoms with Gasteiger partial charge in [0.2, 0.25) is 0 Å². The predicted molar refractivity (Wildman–Crippen MR) is 231 cm³/mol. The van der Waals surface area contributed by atoms with Crippen LogP contribution in [0.1, 0.15) is 22.3 Å². The van der Waals surface area contributed by atoms with E-state index in [2.05, 4.69) is 194 Å². The summed E-state index contributed by atoms with van der Waals surface area (Å²) in [6, 6.07) is 73.3. The number of hydrogen-bond acceptors (Lipinski definition) is 0. The Morgan fingerprint density at radius 1 is 0.255 bits per heavy atom. The van der Waals surface area contributed by atoms with Crippen LogP contribution in [-0.2, 0) is 5.41 Å². The van der Waals surface area contributed by atoms with Crippen molar-refractivity contribution in [1.82, 2.24) is 0 Å². The second-order valence-electron chi connectivity index (χ2n) is 15.4. The molecule has 0 amide bonds. The Kier molecular flexibility index (Phi) is 5.65. The molecule has 252 valence electrons. The number of hydrogen-bond donors (Lipinski definition) is 0. The van der Waals surface area contributed by atoms with Crippen LogP contribution in [0.3, 0.4) is 0 Å². The minimum atomic E-state index is -0.472. The van der Waals surface area contributed by atoms with Crippen LogP contribution in [0.2, 0.25) is 0 Å². The van der Waals surface area contributed by atoms with E-state index in [4.69, 9.17) is 0 Å². The van der Waals surface area contributed by atoms with Crippen LogP contribution in [0.25, 0.3) is 99.1 Å². The Balaban J connectivity index is 1.16. The highest BCUT2D eigenvalue weighted by Crippen LogP contribution is 2.66. The van der Waals surface area contributed by atoms with Gasteiger partial charge in [0.25, 0.3) is 0 Å². The van der Waals surface area contributed by atoms with Gasteiger partial charge < -0.3 is 0 Å². The SMILES string of the molecule is c1ccc(-c2ccc3c4c(cccc24)-c2ccccc2-3)c(-c2cc3c(c4ccccc24)-c2ccc4ccccc4c2C32c3ccccc3-c3ccccc32)c1. The number of fused-ring (bicyclic) bond motifs is 17. The largest absolute Gasteiger partial charge is 0.0731 e. The normalized spacial score (nSPS) is 13.6. The molecule has 0 radical (unpaired) electrons. The second kappa shape index (κ2) is 10.6. The summed E-state index contributed by atoms with van der Waals surface area (Å²) in [7, 11) is 0. The molecule has 55 heavy (non-hydrogen) atoms. The average molecular weight is 693 g/mol. The summed E-state index contributed by atoms with van der Waals surface area (Å²) in [4.78, 5) is 0. The van der Waals surface area contributed by atoms with Gasteiger partial charge in [0.1, 0.15) is 0 Å². The van der Waals surface area contributed by atoms with Crippen LogP contribution in [-0.4, -0.2) is 0 Å². The third-order valence-corrected chi connectivity index (χ3v) is 13.0. The quantitative estimate of drug-likeness (QED) is 0.169. The maximum Gasteiger partial charge on any atom is 0.0731 e. The molecule has 0 aliphatic heterocycles. The van der Waals surface area contributed by atoms with Gasteiger partial charge in [0.05, 0.1) is 5.41 Å². The van der Waals surface area contributed by atoms with Crippen LogP contribution in [0, 0.1) is 0 Å². The summed E-state index contributed by atoms with van der Waals surface area (Å²) in [5.41, 5.74) is 20.8. The molecule has 0 N–H and O–H groups in total. The Morgan fingerprint density at radius 2 is 0.727 bits per heavy atom. The maximum atomic E-state index is 2.58. The minimum absolute atomic E-state index is 0.472. The van der Waals surface area contributed by atoms with Crippen LogP contribution in [0.15, 0.2) is 194 Å². The van der Waals surface area contributed by atoms with Crippen molar-refractivity contribution in [3.05, 3.63) is 216 Å². The van der Waals surface area contributed by atoms with E-state index >= 15 is 0 Å². The molecule has 10 aromatic rings. The van der Waals surface area contributed by atoms with Crippen molar-refractivity contribution in [1.29, 1.82) is 0 Å². The molecule has 10 aromatic carbocycles. The van der Waals surface area contributed by atoms with Crippen LogP contribution >= 0.6 is 0 Å². The van der Waals surface area contributed by atoms with Gasteiger partial charge in [0, 0.05) is 0 Å². The van der Waals surface area contributed by atoms with E-state index in [0.29, 0.717) is 0 Å². The lowest BCUT2D eigenvalue weighted by molar-refractivity contribution is 0.802. The molecular formula is C55H32. The van der Waals surface area contributed by atoms with E-state index < -0.39 is 5.41 Å². The lowest BCUT2D eigenvalue weighted by atomic mass is 9.69. The third-order valence-electron chi connectivity index (χ3n) is 13.0. The first kappa shape index (κ1) is 29.4. The van der Waals surface area contributed by atoms with Gasteiger partial charge in [-0.3, -0.25) is 0 Å². The predicted octanol–water partition coefficient (Wildman–Crippen LogP) is 14.5. The molecule has 0 unspecified atom stereocenters. The number of rotatable bonds is 2. The number of benzene rings is 10. The summed E-state index contributed by atoms with van der Waals surface area (Å²) in [5.74, 6) is 0. The van der Waals surface area contributed by atoms with Crippen LogP contribution in [0.5, 0.6) is 0 Å². The maximum absolute atomic E-state index is 2.58. The van der Waals surface area contributed by atoms with Gasteiger partial charge in [-0.25, -0.2) is 0 Å². The molecular weight excluding hydrogens is 661 g/mol. The molecule has 0 nitrogen and oxygen atoms in total. The van der Waals surface area contributed by atoms with E-state index in [1.807, 2.05) is 0 Å². The van der Waals surface area contributed by atoms with Crippen molar-refractivity contribution in [2.45, 2.75) is 5.41 Å². The first-order valence-corrected chi connectivity index (χ1v) is 19.4. The molecule has 0 atom stereocenters. The first-order valence-electron chi connectivity index (χ1n) is 19.4. The Labute approximate surface area is 319 Å². The Morgan fingerprint density at radius 3 is 1.44 bits per heavy atom. The molecule has 0 fully saturated rings. The zero-order valence-electron chi connectivity index (χ0n) is 30.0. The second-order valence-corrected chi connectivity index (χ2v) is 15.4. The molecule has 0 heterocycles. The van der Waals surface area contributed by atoms with Gasteiger partial charge in [-0.05, 0) is 127 Å². The zero-order chi connectivity index (χ0) is 35.8. The molecule has 0 bridgehead atoms.